The Morgan fingerprint density at radius 1 is 1.50 bits per heavy atom. The first-order chi connectivity index (χ1) is 6.49. The van der Waals surface area contributed by atoms with Crippen LogP contribution in [0.2, 0.25) is 0 Å². The highest BCUT2D eigenvalue weighted by Crippen LogP contribution is 2.06. The molecular weight excluding hydrogens is 186 g/mol. The van der Waals surface area contributed by atoms with Gasteiger partial charge in [-0.05, 0) is 13.8 Å². The topological polar surface area (TPSA) is 79.1 Å². The van der Waals surface area contributed by atoms with Crippen LogP contribution in [0.5, 0.6) is 0 Å². The van der Waals surface area contributed by atoms with Crippen LogP contribution in [-0.2, 0) is 9.53 Å². The number of carbonyl (C=O) groups is 1. The maximum Gasteiger partial charge on any atom is 0.358 e. The Morgan fingerprint density at radius 2 is 2.07 bits per heavy atom. The number of nitrogens with zero attached hydrogens (tertiary/aromatic N) is 1. The summed E-state index contributed by atoms with van der Waals surface area (Å²) in [7, 11) is 0. The van der Waals surface area contributed by atoms with E-state index >= 15 is 0 Å². The number of carboxylic acid groups (broad SMARTS) is 1. The minimum atomic E-state index is -1.27. The van der Waals surface area contributed by atoms with Crippen molar-refractivity contribution in [2.75, 3.05) is 0 Å². The van der Waals surface area contributed by atoms with Gasteiger partial charge in [-0.3, -0.25) is 0 Å². The Hall–Kier alpha value is -1.52. The summed E-state index contributed by atoms with van der Waals surface area (Å²) < 4.78 is 4.92. The molecule has 80 valence electrons. The number of hydrogen-bond donors (Lipinski definition) is 2. The van der Waals surface area contributed by atoms with E-state index in [9.17, 15) is 9.90 Å². The molecule has 0 bridgehead atoms. The highest BCUT2D eigenvalue weighted by molar-refractivity contribution is 5.88. The van der Waals surface area contributed by atoms with Crippen LogP contribution in [0.3, 0.4) is 0 Å². The Balaban J connectivity index is 4.55. The standard InChI is InChI=1S/C9H15NO4/c1-4-7(11)8(9(12)13)10-5-14-6(2)3/h5-6,11H,4H2,1-3H3,(H,12,13). The quantitative estimate of drug-likeness (QED) is 0.307. The molecule has 0 atom stereocenters. The number of aliphatic hydroxyl groups is 1. The van der Waals surface area contributed by atoms with Gasteiger partial charge < -0.3 is 14.9 Å². The molecule has 0 fully saturated rings. The van der Waals surface area contributed by atoms with E-state index in [1.165, 1.54) is 0 Å². The maximum absolute atomic E-state index is 10.6. The van der Waals surface area contributed by atoms with Crippen molar-refractivity contribution in [2.24, 2.45) is 4.99 Å². The Bertz CT molecular complexity index is 256. The van der Waals surface area contributed by atoms with E-state index in [4.69, 9.17) is 9.84 Å². The maximum atomic E-state index is 10.6. The number of ether oxygens (including phenoxy) is 1. The zero-order valence-corrected chi connectivity index (χ0v) is 8.52. The number of carboxylic acids is 1. The van der Waals surface area contributed by atoms with E-state index in [1.807, 2.05) is 0 Å². The predicted octanol–water partition coefficient (Wildman–Crippen LogP) is 1.70. The monoisotopic (exact) mass is 201 g/mol. The molecule has 5 nitrogen and oxygen atoms in total. The van der Waals surface area contributed by atoms with Gasteiger partial charge >= 0.3 is 5.97 Å². The number of aliphatic imine (C=N–C) groups is 1. The molecule has 0 rings (SSSR count). The molecule has 0 heterocycles. The summed E-state index contributed by atoms with van der Waals surface area (Å²) in [5.74, 6) is -1.53. The largest absolute Gasteiger partial charge is 0.510 e. The van der Waals surface area contributed by atoms with Gasteiger partial charge in [-0.25, -0.2) is 9.79 Å². The van der Waals surface area contributed by atoms with Crippen LogP contribution in [0.25, 0.3) is 0 Å². The van der Waals surface area contributed by atoms with Crippen molar-refractivity contribution in [3.05, 3.63) is 11.5 Å². The van der Waals surface area contributed by atoms with E-state index in [-0.39, 0.29) is 24.0 Å². The predicted molar refractivity (Wildman–Crippen MR) is 52.3 cm³/mol. The molecule has 0 spiro atoms. The Morgan fingerprint density at radius 3 is 2.43 bits per heavy atom. The van der Waals surface area contributed by atoms with Crippen LogP contribution in [0.1, 0.15) is 27.2 Å². The van der Waals surface area contributed by atoms with Gasteiger partial charge in [-0.15, -0.1) is 0 Å². The lowest BCUT2D eigenvalue weighted by Gasteiger charge is -2.03. The second-order valence-electron chi connectivity index (χ2n) is 2.87. The van der Waals surface area contributed by atoms with E-state index in [0.717, 1.165) is 6.40 Å². The first-order valence-electron chi connectivity index (χ1n) is 4.32. The number of allylic oxidation sites excluding steroid dienone is 1. The molecular formula is C9H15NO4. The van der Waals surface area contributed by atoms with Crippen molar-refractivity contribution in [3.63, 3.8) is 0 Å². The molecule has 0 amide bonds. The molecule has 0 saturated carbocycles. The highest BCUT2D eigenvalue weighted by atomic mass is 16.5. The van der Waals surface area contributed by atoms with Gasteiger partial charge in [0.15, 0.2) is 12.1 Å². The first-order valence-corrected chi connectivity index (χ1v) is 4.32. The zero-order chi connectivity index (χ0) is 11.1. The smallest absolute Gasteiger partial charge is 0.358 e. The van der Waals surface area contributed by atoms with Gasteiger partial charge in [0, 0.05) is 6.42 Å². The van der Waals surface area contributed by atoms with Crippen LogP contribution in [-0.4, -0.2) is 28.7 Å². The second-order valence-corrected chi connectivity index (χ2v) is 2.87. The molecule has 0 aromatic rings. The number of aliphatic carboxylic acids is 1. The Labute approximate surface area is 82.7 Å². The number of rotatable bonds is 5. The fraction of sp³-hybridized carbons (Fsp3) is 0.556. The molecule has 0 aromatic carbocycles. The van der Waals surface area contributed by atoms with E-state index in [2.05, 4.69) is 4.99 Å². The van der Waals surface area contributed by atoms with Crippen LogP contribution in [0.15, 0.2) is 16.4 Å². The van der Waals surface area contributed by atoms with Gasteiger partial charge in [-0.1, -0.05) is 6.92 Å². The Kier molecular flexibility index (Phi) is 5.36. The summed E-state index contributed by atoms with van der Waals surface area (Å²) in [6, 6.07) is 0. The van der Waals surface area contributed by atoms with Crippen LogP contribution < -0.4 is 0 Å². The molecule has 0 saturated heterocycles. The molecule has 0 aromatic heterocycles. The molecule has 2 N–H and O–H groups in total. The number of aliphatic hydroxyl groups excluding tert-OH is 1. The normalized spacial score (nSPS) is 13.1. The molecule has 0 unspecified atom stereocenters. The first kappa shape index (κ1) is 12.5. The molecule has 0 aliphatic rings. The molecule has 0 aliphatic heterocycles. The SMILES string of the molecule is CCC(O)=C(N=COC(C)C)C(=O)O. The van der Waals surface area contributed by atoms with Gasteiger partial charge in [0.1, 0.15) is 5.76 Å². The summed E-state index contributed by atoms with van der Waals surface area (Å²) >= 11 is 0. The molecule has 0 aliphatic carbocycles. The average Bonchev–Trinajstić information content (AvgIpc) is 2.10. The summed E-state index contributed by atoms with van der Waals surface area (Å²) in [5, 5.41) is 17.8. The van der Waals surface area contributed by atoms with Crippen molar-refractivity contribution in [1.29, 1.82) is 0 Å². The van der Waals surface area contributed by atoms with Gasteiger partial charge in [-0.2, -0.15) is 0 Å². The van der Waals surface area contributed by atoms with Crippen LogP contribution >= 0.6 is 0 Å². The lowest BCUT2D eigenvalue weighted by molar-refractivity contribution is -0.132. The summed E-state index contributed by atoms with van der Waals surface area (Å²) in [4.78, 5) is 14.1. The van der Waals surface area contributed by atoms with Crippen LogP contribution in [0.4, 0.5) is 0 Å². The van der Waals surface area contributed by atoms with E-state index in [1.54, 1.807) is 20.8 Å². The van der Waals surface area contributed by atoms with Crippen molar-refractivity contribution < 1.29 is 19.7 Å². The van der Waals surface area contributed by atoms with Crippen molar-refractivity contribution in [3.8, 4) is 0 Å². The minimum absolute atomic E-state index is 0.0717. The molecule has 0 radical (unpaired) electrons. The lowest BCUT2D eigenvalue weighted by Crippen LogP contribution is -2.05. The van der Waals surface area contributed by atoms with Crippen molar-refractivity contribution in [2.45, 2.75) is 33.3 Å². The van der Waals surface area contributed by atoms with Gasteiger partial charge in [0.05, 0.1) is 6.10 Å². The fourth-order valence-electron chi connectivity index (χ4n) is 0.625. The van der Waals surface area contributed by atoms with Gasteiger partial charge in [0.2, 0.25) is 0 Å². The third-order valence-electron chi connectivity index (χ3n) is 1.33. The number of hydrogen-bond acceptors (Lipinski definition) is 4. The third-order valence-corrected chi connectivity index (χ3v) is 1.33. The fourth-order valence-corrected chi connectivity index (χ4v) is 0.625. The summed E-state index contributed by atoms with van der Waals surface area (Å²) in [6.45, 7) is 5.21. The van der Waals surface area contributed by atoms with Gasteiger partial charge in [0.25, 0.3) is 0 Å². The summed E-state index contributed by atoms with van der Waals surface area (Å²) in [6.07, 6.45) is 1.18. The molecule has 5 heteroatoms. The highest BCUT2D eigenvalue weighted by Gasteiger charge is 2.10. The van der Waals surface area contributed by atoms with Crippen molar-refractivity contribution >= 4 is 12.4 Å². The van der Waals surface area contributed by atoms with E-state index < -0.39 is 5.97 Å². The van der Waals surface area contributed by atoms with Crippen LogP contribution in [0, 0.1) is 0 Å². The lowest BCUT2D eigenvalue weighted by atomic mass is 10.3. The minimum Gasteiger partial charge on any atom is -0.510 e. The second kappa shape index (κ2) is 6.01. The van der Waals surface area contributed by atoms with Crippen molar-refractivity contribution in [1.82, 2.24) is 0 Å². The summed E-state index contributed by atoms with van der Waals surface area (Å²) in [5.41, 5.74) is -0.381. The zero-order valence-electron chi connectivity index (χ0n) is 8.52. The molecule has 14 heavy (non-hydrogen) atoms. The third kappa shape index (κ3) is 4.49. The average molecular weight is 201 g/mol. The van der Waals surface area contributed by atoms with E-state index in [0.29, 0.717) is 0 Å².